The van der Waals surface area contributed by atoms with Gasteiger partial charge >= 0.3 is 5.97 Å². The number of amides is 1. The van der Waals surface area contributed by atoms with E-state index in [1.165, 1.54) is 4.90 Å². The molecule has 0 bridgehead atoms. The van der Waals surface area contributed by atoms with Crippen LogP contribution in [0, 0.1) is 6.92 Å². The van der Waals surface area contributed by atoms with Gasteiger partial charge in [0.05, 0.1) is 5.69 Å². The smallest absolute Gasteiger partial charge is 0.326 e. The minimum atomic E-state index is -1.01. The molecule has 1 aliphatic rings. The first-order chi connectivity index (χ1) is 10.5. The highest BCUT2D eigenvalue weighted by molar-refractivity contribution is 9.10. The van der Waals surface area contributed by atoms with E-state index in [-0.39, 0.29) is 18.9 Å². The molecule has 1 amide bonds. The number of fused-ring (bicyclic) bond motifs is 1. The van der Waals surface area contributed by atoms with Gasteiger partial charge in [-0.2, -0.15) is 0 Å². The maximum Gasteiger partial charge on any atom is 0.326 e. The first-order valence-electron chi connectivity index (χ1n) is 6.58. The van der Waals surface area contributed by atoms with Crippen molar-refractivity contribution in [3.8, 4) is 0 Å². The van der Waals surface area contributed by atoms with Gasteiger partial charge in [-0.1, -0.05) is 32.6 Å². The van der Waals surface area contributed by atoms with Gasteiger partial charge in [0.1, 0.15) is 10.9 Å². The van der Waals surface area contributed by atoms with Gasteiger partial charge in [-0.25, -0.2) is 4.79 Å². The van der Waals surface area contributed by atoms with Gasteiger partial charge in [0.25, 0.3) is 5.91 Å². The van der Waals surface area contributed by atoms with Crippen LogP contribution >= 0.6 is 27.5 Å². The van der Waals surface area contributed by atoms with Crippen molar-refractivity contribution < 1.29 is 14.7 Å². The molecule has 6 nitrogen and oxygen atoms in total. The highest BCUT2D eigenvalue weighted by atomic mass is 79.9. The van der Waals surface area contributed by atoms with E-state index in [1.807, 2.05) is 18.2 Å². The third kappa shape index (κ3) is 2.52. The topological polar surface area (TPSA) is 83.4 Å². The number of nitrogens with zero attached hydrogens (tertiary/aromatic N) is 3. The second-order valence-electron chi connectivity index (χ2n) is 5.06. The van der Waals surface area contributed by atoms with Crippen LogP contribution in [0.5, 0.6) is 0 Å². The fourth-order valence-electron chi connectivity index (χ4n) is 2.57. The predicted molar refractivity (Wildman–Crippen MR) is 83.8 cm³/mol. The summed E-state index contributed by atoms with van der Waals surface area (Å²) < 4.78 is 4.63. The van der Waals surface area contributed by atoms with Crippen molar-refractivity contribution in [3.05, 3.63) is 44.4 Å². The molecule has 1 unspecified atom stereocenters. The van der Waals surface area contributed by atoms with E-state index in [2.05, 4.69) is 25.5 Å². The van der Waals surface area contributed by atoms with Crippen LogP contribution < -0.4 is 0 Å². The van der Waals surface area contributed by atoms with Gasteiger partial charge in [-0.3, -0.25) is 4.79 Å². The lowest BCUT2D eigenvalue weighted by Crippen LogP contribution is -2.48. The molecule has 0 spiro atoms. The molecule has 1 N–H and O–H groups in total. The number of carbonyl (C=O) groups excluding carboxylic acids is 1. The van der Waals surface area contributed by atoms with Crippen LogP contribution in [-0.2, 0) is 17.8 Å². The summed E-state index contributed by atoms with van der Waals surface area (Å²) in [5.74, 6) is -1.34. The maximum atomic E-state index is 12.7. The number of rotatable bonds is 2. The van der Waals surface area contributed by atoms with Crippen LogP contribution in [0.1, 0.15) is 26.5 Å². The second-order valence-corrected chi connectivity index (χ2v) is 6.66. The molecule has 1 aliphatic heterocycles. The fourth-order valence-corrected chi connectivity index (χ4v) is 3.75. The fraction of sp³-hybridized carbons (Fsp3) is 0.286. The molecule has 22 heavy (non-hydrogen) atoms. The Morgan fingerprint density at radius 2 is 2.23 bits per heavy atom. The molecule has 0 aliphatic carbocycles. The SMILES string of the molecule is Cc1nnsc1C(=O)N1Cc2cccc(Br)c2CC1C(=O)O. The molecule has 0 saturated heterocycles. The Balaban J connectivity index is 2.01. The summed E-state index contributed by atoms with van der Waals surface area (Å²) in [6.07, 6.45) is 0.281. The molecule has 114 valence electrons. The zero-order valence-corrected chi connectivity index (χ0v) is 14.0. The number of aliphatic carboxylic acids is 1. The molecular formula is C14H12BrN3O3S. The van der Waals surface area contributed by atoms with Gasteiger partial charge < -0.3 is 10.0 Å². The Kier molecular flexibility index (Phi) is 3.96. The van der Waals surface area contributed by atoms with Crippen molar-refractivity contribution in [2.24, 2.45) is 0 Å². The average molecular weight is 382 g/mol. The Morgan fingerprint density at radius 1 is 1.45 bits per heavy atom. The van der Waals surface area contributed by atoms with Gasteiger partial charge in [0, 0.05) is 17.4 Å². The van der Waals surface area contributed by atoms with Crippen LogP contribution in [0.4, 0.5) is 0 Å². The van der Waals surface area contributed by atoms with E-state index in [9.17, 15) is 14.7 Å². The first-order valence-corrected chi connectivity index (χ1v) is 8.14. The van der Waals surface area contributed by atoms with Crippen molar-refractivity contribution >= 4 is 39.3 Å². The summed E-state index contributed by atoms with van der Waals surface area (Å²) in [5, 5.41) is 13.3. The molecule has 8 heteroatoms. The summed E-state index contributed by atoms with van der Waals surface area (Å²) >= 11 is 4.45. The average Bonchev–Trinajstić information content (AvgIpc) is 2.91. The standard InChI is InChI=1S/C14H12BrN3O3S/c1-7-12(22-17-16-7)13(19)18-6-8-3-2-4-10(15)9(8)5-11(18)14(20)21/h2-4,11H,5-6H2,1H3,(H,20,21). The molecule has 2 heterocycles. The third-order valence-electron chi connectivity index (χ3n) is 3.72. The zero-order valence-electron chi connectivity index (χ0n) is 11.6. The largest absolute Gasteiger partial charge is 0.480 e. The van der Waals surface area contributed by atoms with Crippen LogP contribution in [0.25, 0.3) is 0 Å². The number of carboxylic acid groups (broad SMARTS) is 1. The van der Waals surface area contributed by atoms with Crippen molar-refractivity contribution in [2.75, 3.05) is 0 Å². The van der Waals surface area contributed by atoms with Gasteiger partial charge in [-0.05, 0) is 35.6 Å². The normalized spacial score (nSPS) is 17.2. The van der Waals surface area contributed by atoms with E-state index in [0.717, 1.165) is 27.1 Å². The Bertz CT molecular complexity index is 762. The number of benzene rings is 1. The number of carbonyl (C=O) groups is 2. The lowest BCUT2D eigenvalue weighted by atomic mass is 9.93. The third-order valence-corrected chi connectivity index (χ3v) is 5.28. The predicted octanol–water partition coefficient (Wildman–Crippen LogP) is 2.26. The van der Waals surface area contributed by atoms with E-state index in [4.69, 9.17) is 0 Å². The lowest BCUT2D eigenvalue weighted by molar-refractivity contribution is -0.142. The Hall–Kier alpha value is -1.80. The van der Waals surface area contributed by atoms with Crippen molar-refractivity contribution in [2.45, 2.75) is 25.9 Å². The van der Waals surface area contributed by atoms with Crippen molar-refractivity contribution in [1.29, 1.82) is 0 Å². The monoisotopic (exact) mass is 381 g/mol. The quantitative estimate of drug-likeness (QED) is 0.862. The van der Waals surface area contributed by atoms with Gasteiger partial charge in [0.2, 0.25) is 0 Å². The van der Waals surface area contributed by atoms with Gasteiger partial charge in [-0.15, -0.1) is 5.10 Å². The molecule has 1 aromatic carbocycles. The van der Waals surface area contributed by atoms with E-state index < -0.39 is 12.0 Å². The molecule has 0 saturated carbocycles. The maximum absolute atomic E-state index is 12.7. The van der Waals surface area contributed by atoms with Crippen molar-refractivity contribution in [3.63, 3.8) is 0 Å². The highest BCUT2D eigenvalue weighted by Gasteiger charge is 2.36. The van der Waals surface area contributed by atoms with Crippen LogP contribution in [0.2, 0.25) is 0 Å². The number of halogens is 1. The van der Waals surface area contributed by atoms with Crippen molar-refractivity contribution in [1.82, 2.24) is 14.5 Å². The summed E-state index contributed by atoms with van der Waals surface area (Å²) in [6, 6.07) is 4.79. The lowest BCUT2D eigenvalue weighted by Gasteiger charge is -2.34. The number of hydrogen-bond donors (Lipinski definition) is 1. The molecule has 2 aromatic rings. The summed E-state index contributed by atoms with van der Waals surface area (Å²) in [4.78, 5) is 26.1. The van der Waals surface area contributed by atoms with Crippen LogP contribution in [0.3, 0.4) is 0 Å². The molecule has 0 radical (unpaired) electrons. The van der Waals surface area contributed by atoms with E-state index in [0.29, 0.717) is 10.6 Å². The Morgan fingerprint density at radius 3 is 2.86 bits per heavy atom. The summed E-state index contributed by atoms with van der Waals surface area (Å²) in [6.45, 7) is 1.96. The van der Waals surface area contributed by atoms with Crippen LogP contribution in [0.15, 0.2) is 22.7 Å². The molecule has 0 fully saturated rings. The first kappa shape index (κ1) is 15.1. The minimum Gasteiger partial charge on any atom is -0.480 e. The molecule has 1 atom stereocenters. The van der Waals surface area contributed by atoms with Gasteiger partial charge in [0.15, 0.2) is 0 Å². The number of hydrogen-bond acceptors (Lipinski definition) is 5. The highest BCUT2D eigenvalue weighted by Crippen LogP contribution is 2.31. The number of aromatic nitrogens is 2. The molecule has 3 rings (SSSR count). The number of aryl methyl sites for hydroxylation is 1. The van der Waals surface area contributed by atoms with E-state index >= 15 is 0 Å². The summed E-state index contributed by atoms with van der Waals surface area (Å²) in [5.41, 5.74) is 2.42. The molecule has 1 aromatic heterocycles. The minimum absolute atomic E-state index is 0.266. The molecular weight excluding hydrogens is 370 g/mol. The number of carboxylic acids is 1. The Labute approximate surface area is 139 Å². The second kappa shape index (κ2) is 5.77. The zero-order chi connectivity index (χ0) is 15.9. The van der Waals surface area contributed by atoms with Crippen LogP contribution in [-0.4, -0.2) is 37.5 Å². The summed E-state index contributed by atoms with van der Waals surface area (Å²) in [7, 11) is 0. The van der Waals surface area contributed by atoms with E-state index in [1.54, 1.807) is 6.92 Å².